The van der Waals surface area contributed by atoms with Crippen LogP contribution in [0.15, 0.2) is 113 Å². The first kappa shape index (κ1) is 104. The number of aryl methyl sites for hydroxylation is 2. The maximum atomic E-state index is 15.6. The number of aliphatic hydroxyl groups excluding tert-OH is 1. The third-order valence-corrected chi connectivity index (χ3v) is 30.3. The van der Waals surface area contributed by atoms with Gasteiger partial charge in [0.2, 0.25) is 13.6 Å². The average molecular weight is 2000 g/mol. The molecule has 0 radical (unpaired) electrons. The zero-order valence-electron chi connectivity index (χ0n) is 77.5. The van der Waals surface area contributed by atoms with Crippen LogP contribution in [0.5, 0.6) is 80.5 Å². The summed E-state index contributed by atoms with van der Waals surface area (Å²) in [6.07, 6.45) is -0.881. The molecule has 2 spiro atoms. The Balaban J connectivity index is 0.000000221. The van der Waals surface area contributed by atoms with Crippen molar-refractivity contribution in [3.05, 3.63) is 202 Å². The lowest BCUT2D eigenvalue weighted by atomic mass is 9.71. The predicted octanol–water partition coefficient (Wildman–Crippen LogP) is 15.1. The summed E-state index contributed by atoms with van der Waals surface area (Å²) in [6, 6.07) is 5.37. The largest absolute Gasteiger partial charge is 0.518 e. The number of carbonyl (C=O) groups excluding carboxylic acids is 10. The molecule has 14 aliphatic heterocycles. The lowest BCUT2D eigenvalue weighted by Gasteiger charge is -2.62. The van der Waals surface area contributed by atoms with Crippen LogP contribution in [0, 0.1) is 39.0 Å². The Hall–Kier alpha value is -14.4. The molecule has 8 bridgehead atoms. The van der Waals surface area contributed by atoms with E-state index >= 15 is 9.59 Å². The maximum Gasteiger partial charge on any atom is 0.518 e. The van der Waals surface area contributed by atoms with Crippen LogP contribution in [0.4, 0.5) is 28.8 Å². The summed E-state index contributed by atoms with van der Waals surface area (Å²) in [4.78, 5) is 148. The molecule has 14 heterocycles. The summed E-state index contributed by atoms with van der Waals surface area (Å²) in [7, 11) is 9.33. The average Bonchev–Trinajstić information content (AvgIpc) is 1.09. The fraction of sp³-hybridized carbons (Fsp3) is 0.410. The number of hydrogen-bond acceptors (Lipinski definition) is 40. The van der Waals surface area contributed by atoms with Gasteiger partial charge in [0.15, 0.2) is 80.1 Å². The molecule has 0 aliphatic carbocycles. The van der Waals surface area contributed by atoms with Gasteiger partial charge in [0, 0.05) is 101 Å². The first-order chi connectivity index (χ1) is 66.8. The van der Waals surface area contributed by atoms with E-state index in [1.807, 2.05) is 54.8 Å². The standard InChI is InChI=1S/C49H48N4O16S.C48H49N3O17S.3CH4/c1-10-61-46(56)52-14-13-26-17-33(68-47(57)62-11-2)32(59-8)18-28(26)49(52)21-70-44-36-35(42-41(65-22-66-42)24(5)40(36)67-25(6)54)31(20-64-45(49)55)53-30(19-50)29-16-27-15-23(4)39(60-9)43(69-48(58)63-12-3)34(27)37(38(44)53)51(29)7;1-10-60-45(55)50-14-13-25-17-31(67-46(56)61-11-2)30(58-8)18-27(25)48(50)20-69-42-34-33(40-39(64-21-65-40)23(5)38(34)66-24(6)52)29(19-63-44(48)54)51-36(42)35-32-26(16-28(43(51)53)49(35)7)15-22(4)37(59-9)41(32)68-47(57)62-12-3;;;/h10-12,15,17-18,29-31,37-38,44H,1-3,13-14,16,20-22H2,4-9H3;10-12,15,17-18,28-29,35-36,42-43,53H,1-3,13-14,16,19-21H2,4-9H3;3*1H4/t29-,30-,31-,37+,38?,44+,49+;28-,29-,35+,36?,42+,43-,48+;;;/m00.../s1. The van der Waals surface area contributed by atoms with E-state index in [4.69, 9.17) is 104 Å². The zero-order valence-corrected chi connectivity index (χ0v) is 79.2. The quantitative estimate of drug-likeness (QED) is 0.0309. The Labute approximate surface area is 826 Å². The van der Waals surface area contributed by atoms with Gasteiger partial charge in [-0.3, -0.25) is 39.0 Å². The molecule has 14 atom stereocenters. The lowest BCUT2D eigenvalue weighted by Crippen LogP contribution is -2.70. The molecule has 6 aromatic rings. The van der Waals surface area contributed by atoms with Crippen molar-refractivity contribution >= 4 is 84.2 Å². The molecule has 0 aromatic heterocycles. The van der Waals surface area contributed by atoms with Gasteiger partial charge in [0.05, 0.1) is 113 Å². The Morgan fingerprint density at radius 2 is 0.824 bits per heavy atom. The van der Waals surface area contributed by atoms with Crippen molar-refractivity contribution < 1.29 is 157 Å². The number of amides is 2. The van der Waals surface area contributed by atoms with Gasteiger partial charge in [-0.25, -0.2) is 38.4 Å². The van der Waals surface area contributed by atoms with Gasteiger partial charge in [0.25, 0.3) is 0 Å². The lowest BCUT2D eigenvalue weighted by molar-refractivity contribution is -0.188. The van der Waals surface area contributed by atoms with Crippen LogP contribution >= 0.6 is 23.5 Å². The summed E-state index contributed by atoms with van der Waals surface area (Å²) in [5, 5.41) is 22.5. The van der Waals surface area contributed by atoms with Crippen molar-refractivity contribution in [3.8, 4) is 86.6 Å². The number of aliphatic hydroxyl groups is 1. The number of hydrogen-bond donors (Lipinski definition) is 1. The van der Waals surface area contributed by atoms with Gasteiger partial charge < -0.3 is 109 Å². The van der Waals surface area contributed by atoms with Crippen molar-refractivity contribution in [3.63, 3.8) is 0 Å². The van der Waals surface area contributed by atoms with Crippen LogP contribution in [-0.4, -0.2) is 226 Å². The predicted molar refractivity (Wildman–Crippen MR) is 506 cm³/mol. The third-order valence-electron chi connectivity index (χ3n) is 27.3. The minimum absolute atomic E-state index is 0. The van der Waals surface area contributed by atoms with E-state index in [9.17, 15) is 48.7 Å². The SMILES string of the molecule is C.C.C.C=COC(=O)Oc1cc2c(cc1OC)[C@@]1(CS[C@@H]3c4c(OC(C)=O)c(C)c5c(c4[C@H](COC1=O)N1C3[C@H]3c4c(cc(C)c(OC)c4OC(=O)OC=C)C[C@@H]([C@@H]1C#N)N3C)OCO5)N(C(=O)OC=C)CC2.C=COC(=O)Oc1cc2c(cc1OC)[C@@]1(CS[C@@H]3c4c(OC(C)=O)c(C)c5c(c4[C@H](COC1=O)N1C3[C@H]3c4c(cc(C)c(OC)c4OC(=O)OC=C)C[C@@H]([C@@H]1O)N3C)OCO5)N(C(=O)OC=C)CC2. The molecular weight excluding hydrogens is 1890 g/mol. The number of likely N-dealkylation sites (N-methyl/N-ethyl adjacent to an activating group) is 2. The molecular formula is C100H109N7O33S2. The zero-order chi connectivity index (χ0) is 99.1. The number of carbonyl (C=O) groups is 10. The molecule has 2 unspecified atom stereocenters. The number of thioether (sulfide) groups is 2. The molecule has 20 rings (SSSR count). The van der Waals surface area contributed by atoms with E-state index in [2.05, 4.69) is 50.4 Å². The van der Waals surface area contributed by atoms with Crippen molar-refractivity contribution in [1.29, 1.82) is 5.26 Å². The van der Waals surface area contributed by atoms with Crippen LogP contribution < -0.4 is 66.3 Å². The van der Waals surface area contributed by atoms with Crippen molar-refractivity contribution in [2.24, 2.45) is 0 Å². The number of fused-ring (bicyclic) bond motifs is 18. The van der Waals surface area contributed by atoms with E-state index in [1.54, 1.807) is 13.8 Å². The minimum Gasteiger partial charge on any atom is -0.493 e. The molecule has 6 aromatic carbocycles. The van der Waals surface area contributed by atoms with Crippen molar-refractivity contribution in [2.45, 2.75) is 172 Å². The van der Waals surface area contributed by atoms with E-state index in [-0.39, 0.29) is 148 Å². The first-order valence-electron chi connectivity index (χ1n) is 43.8. The second-order valence-corrected chi connectivity index (χ2v) is 36.2. The van der Waals surface area contributed by atoms with Gasteiger partial charge in [-0.1, -0.05) is 73.9 Å². The molecule has 4 fully saturated rings. The smallest absolute Gasteiger partial charge is 0.493 e. The number of methoxy groups -OCH3 is 4. The number of rotatable bonds is 16. The Morgan fingerprint density at radius 1 is 0.451 bits per heavy atom. The Morgan fingerprint density at radius 3 is 1.20 bits per heavy atom. The number of nitrogens with zero attached hydrogens (tertiary/aromatic N) is 7. The highest BCUT2D eigenvalue weighted by atomic mass is 32.2. The fourth-order valence-corrected chi connectivity index (χ4v) is 25.6. The highest BCUT2D eigenvalue weighted by molar-refractivity contribution is 7.99. The van der Waals surface area contributed by atoms with Crippen LogP contribution in [-0.2, 0) is 93.8 Å². The molecule has 142 heavy (non-hydrogen) atoms. The van der Waals surface area contributed by atoms with Gasteiger partial charge in [-0.05, 0) is 136 Å². The molecule has 754 valence electrons. The highest BCUT2D eigenvalue weighted by Crippen LogP contribution is 2.69. The van der Waals surface area contributed by atoms with Crippen LogP contribution in [0.25, 0.3) is 0 Å². The van der Waals surface area contributed by atoms with Gasteiger partial charge in [-0.15, -0.1) is 23.5 Å². The molecule has 14 aliphatic rings. The van der Waals surface area contributed by atoms with Crippen LogP contribution in [0.3, 0.4) is 0 Å². The fourth-order valence-electron chi connectivity index (χ4n) is 22.2. The summed E-state index contributed by atoms with van der Waals surface area (Å²) in [6.45, 7) is 29.3. The van der Waals surface area contributed by atoms with Gasteiger partial charge in [0.1, 0.15) is 37.0 Å². The van der Waals surface area contributed by atoms with Crippen molar-refractivity contribution in [2.75, 3.05) is 93.9 Å². The Kier molecular flexibility index (Phi) is 29.9. The monoisotopic (exact) mass is 2000 g/mol. The van der Waals surface area contributed by atoms with E-state index < -0.39 is 156 Å². The summed E-state index contributed by atoms with van der Waals surface area (Å²) >= 11 is 2.44. The minimum atomic E-state index is -2.01. The number of nitriles is 1. The second kappa shape index (κ2) is 41.1. The van der Waals surface area contributed by atoms with Crippen LogP contribution in [0.2, 0.25) is 0 Å². The number of benzene rings is 6. The summed E-state index contributed by atoms with van der Waals surface area (Å²) in [5.41, 5.74) is 4.26. The van der Waals surface area contributed by atoms with Crippen molar-refractivity contribution in [1.82, 2.24) is 29.4 Å². The van der Waals surface area contributed by atoms with Gasteiger partial charge in [-0.2, -0.15) is 5.26 Å². The summed E-state index contributed by atoms with van der Waals surface area (Å²) in [5.74, 6) is -1.32. The maximum absolute atomic E-state index is 15.6. The van der Waals surface area contributed by atoms with E-state index in [0.29, 0.717) is 96.2 Å². The molecule has 4 saturated heterocycles. The third kappa shape index (κ3) is 16.7. The first-order valence-corrected chi connectivity index (χ1v) is 45.9. The second-order valence-electron chi connectivity index (χ2n) is 33.9. The van der Waals surface area contributed by atoms with Gasteiger partial charge >= 0.3 is 60.7 Å². The molecule has 1 N–H and O–H groups in total. The topological polar surface area (TPSA) is 437 Å². The Bertz CT molecular complexity index is 6300. The number of esters is 4. The summed E-state index contributed by atoms with van der Waals surface area (Å²) < 4.78 is 127. The molecule has 40 nitrogen and oxygen atoms in total. The molecule has 0 saturated carbocycles. The number of piperazine rings is 2. The normalized spacial score (nSPS) is 24.3. The van der Waals surface area contributed by atoms with E-state index in [1.165, 1.54) is 99.9 Å². The number of ether oxygens (including phenoxy) is 22. The highest BCUT2D eigenvalue weighted by Gasteiger charge is 2.67. The van der Waals surface area contributed by atoms with E-state index in [0.717, 1.165) is 48.7 Å². The van der Waals surface area contributed by atoms with Crippen LogP contribution in [0.1, 0.15) is 160 Å². The molecule has 2 amide bonds. The molecule has 42 heteroatoms.